The standard InChI is InChI=1S/C26H46N4O4/c1-5-7-9-11-13-18-29(3)21-33-25(31)27-23-16-15-17-24(20-23)28-26(32)34-22-30(4)19-14-12-10-8-6-2/h15-17,20H,5-14,18-19,21-22H2,1-4H3,(H,27,31)(H,28,32). The van der Waals surface area contributed by atoms with E-state index in [9.17, 15) is 9.59 Å². The van der Waals surface area contributed by atoms with Gasteiger partial charge in [-0.1, -0.05) is 71.3 Å². The number of nitrogens with zero attached hydrogens (tertiary/aromatic N) is 2. The minimum absolute atomic E-state index is 0.232. The molecule has 0 aliphatic heterocycles. The quantitative estimate of drug-likeness (QED) is 0.185. The van der Waals surface area contributed by atoms with Crippen LogP contribution >= 0.6 is 0 Å². The molecule has 0 aliphatic rings. The van der Waals surface area contributed by atoms with Gasteiger partial charge in [-0.25, -0.2) is 9.59 Å². The van der Waals surface area contributed by atoms with Crippen LogP contribution in [0.25, 0.3) is 0 Å². The van der Waals surface area contributed by atoms with Gasteiger partial charge in [0.2, 0.25) is 0 Å². The minimum atomic E-state index is -0.530. The second-order valence-electron chi connectivity index (χ2n) is 8.94. The Morgan fingerprint density at radius 1 is 0.706 bits per heavy atom. The average Bonchev–Trinajstić information content (AvgIpc) is 2.81. The maximum absolute atomic E-state index is 12.1. The summed E-state index contributed by atoms with van der Waals surface area (Å²) in [6.45, 7) is 6.66. The van der Waals surface area contributed by atoms with Crippen molar-refractivity contribution >= 4 is 23.6 Å². The van der Waals surface area contributed by atoms with Crippen LogP contribution in [0.1, 0.15) is 78.1 Å². The molecule has 2 N–H and O–H groups in total. The summed E-state index contributed by atoms with van der Waals surface area (Å²) < 4.78 is 10.6. The predicted octanol–water partition coefficient (Wildman–Crippen LogP) is 6.50. The van der Waals surface area contributed by atoms with Crippen LogP contribution in [0.3, 0.4) is 0 Å². The number of carbonyl (C=O) groups is 2. The molecule has 34 heavy (non-hydrogen) atoms. The van der Waals surface area contributed by atoms with Gasteiger partial charge >= 0.3 is 12.2 Å². The number of benzene rings is 1. The Balaban J connectivity index is 2.27. The van der Waals surface area contributed by atoms with Crippen molar-refractivity contribution in [2.24, 2.45) is 0 Å². The fraction of sp³-hybridized carbons (Fsp3) is 0.692. The lowest BCUT2D eigenvalue weighted by Crippen LogP contribution is -2.27. The maximum Gasteiger partial charge on any atom is 0.412 e. The van der Waals surface area contributed by atoms with E-state index in [0.29, 0.717) is 11.4 Å². The second-order valence-corrected chi connectivity index (χ2v) is 8.94. The fourth-order valence-electron chi connectivity index (χ4n) is 3.42. The van der Waals surface area contributed by atoms with E-state index in [1.54, 1.807) is 24.3 Å². The molecule has 0 bridgehead atoms. The Bertz CT molecular complexity index is 633. The third-order valence-electron chi connectivity index (χ3n) is 5.47. The summed E-state index contributed by atoms with van der Waals surface area (Å²) in [5.74, 6) is 0. The van der Waals surface area contributed by atoms with Gasteiger partial charge in [-0.2, -0.15) is 0 Å². The van der Waals surface area contributed by atoms with Gasteiger partial charge in [-0.05, 0) is 45.1 Å². The first kappa shape index (κ1) is 29.7. The summed E-state index contributed by atoms with van der Waals surface area (Å²) in [4.78, 5) is 28.2. The maximum atomic E-state index is 12.1. The molecule has 0 saturated heterocycles. The van der Waals surface area contributed by atoms with Gasteiger partial charge in [0.15, 0.2) is 0 Å². The third-order valence-corrected chi connectivity index (χ3v) is 5.47. The Hall–Kier alpha value is -2.32. The Morgan fingerprint density at radius 2 is 1.12 bits per heavy atom. The van der Waals surface area contributed by atoms with Crippen molar-refractivity contribution in [2.45, 2.75) is 78.1 Å². The van der Waals surface area contributed by atoms with Crippen LogP contribution in [-0.4, -0.2) is 62.6 Å². The highest BCUT2D eigenvalue weighted by atomic mass is 16.6. The third kappa shape index (κ3) is 15.5. The number of hydrogen-bond acceptors (Lipinski definition) is 6. The Kier molecular flexibility index (Phi) is 16.6. The average molecular weight is 479 g/mol. The molecule has 0 aliphatic carbocycles. The van der Waals surface area contributed by atoms with E-state index >= 15 is 0 Å². The molecule has 0 aromatic heterocycles. The van der Waals surface area contributed by atoms with Crippen molar-refractivity contribution in [3.05, 3.63) is 24.3 Å². The second kappa shape index (κ2) is 19.0. The van der Waals surface area contributed by atoms with E-state index in [4.69, 9.17) is 9.47 Å². The van der Waals surface area contributed by atoms with Crippen LogP contribution in [-0.2, 0) is 9.47 Å². The zero-order valence-electron chi connectivity index (χ0n) is 21.7. The molecule has 0 spiro atoms. The summed E-state index contributed by atoms with van der Waals surface area (Å²) in [5, 5.41) is 5.39. The summed E-state index contributed by atoms with van der Waals surface area (Å²) in [5.41, 5.74) is 1.07. The summed E-state index contributed by atoms with van der Waals surface area (Å²) in [6, 6.07) is 6.89. The van der Waals surface area contributed by atoms with Crippen molar-refractivity contribution in [3.8, 4) is 0 Å². The molecule has 0 radical (unpaired) electrons. The lowest BCUT2D eigenvalue weighted by atomic mass is 10.1. The molecule has 2 amide bonds. The van der Waals surface area contributed by atoms with Crippen LogP contribution in [0, 0.1) is 0 Å². The van der Waals surface area contributed by atoms with Gasteiger partial charge in [0.25, 0.3) is 0 Å². The van der Waals surface area contributed by atoms with E-state index < -0.39 is 12.2 Å². The molecular formula is C26H46N4O4. The minimum Gasteiger partial charge on any atom is -0.433 e. The van der Waals surface area contributed by atoms with Gasteiger partial charge in [0.1, 0.15) is 13.5 Å². The van der Waals surface area contributed by atoms with E-state index in [-0.39, 0.29) is 13.5 Å². The molecule has 0 saturated carbocycles. The lowest BCUT2D eigenvalue weighted by Gasteiger charge is -2.17. The number of unbranched alkanes of at least 4 members (excludes halogenated alkanes) is 8. The normalized spacial score (nSPS) is 11.0. The first-order valence-corrected chi connectivity index (χ1v) is 12.8. The molecule has 0 fully saturated rings. The smallest absolute Gasteiger partial charge is 0.412 e. The highest BCUT2D eigenvalue weighted by molar-refractivity contribution is 5.88. The highest BCUT2D eigenvalue weighted by Gasteiger charge is 2.09. The van der Waals surface area contributed by atoms with Crippen molar-refractivity contribution in [1.29, 1.82) is 0 Å². The predicted molar refractivity (Wildman–Crippen MR) is 139 cm³/mol. The van der Waals surface area contributed by atoms with Crippen LogP contribution in [0.4, 0.5) is 21.0 Å². The fourth-order valence-corrected chi connectivity index (χ4v) is 3.42. The van der Waals surface area contributed by atoms with Crippen molar-refractivity contribution in [2.75, 3.05) is 51.3 Å². The molecule has 0 heterocycles. The number of rotatable bonds is 18. The number of hydrogen-bond donors (Lipinski definition) is 2. The molecule has 8 heteroatoms. The number of ether oxygens (including phenoxy) is 2. The molecular weight excluding hydrogens is 432 g/mol. The van der Waals surface area contributed by atoms with Crippen LogP contribution in [0.5, 0.6) is 0 Å². The first-order chi connectivity index (χ1) is 16.4. The number of carbonyl (C=O) groups excluding carboxylic acids is 2. The van der Waals surface area contributed by atoms with Gasteiger partial charge in [0, 0.05) is 24.5 Å². The van der Waals surface area contributed by atoms with Gasteiger partial charge in [-0.15, -0.1) is 0 Å². The zero-order valence-corrected chi connectivity index (χ0v) is 21.7. The topological polar surface area (TPSA) is 83.1 Å². The van der Waals surface area contributed by atoms with E-state index in [2.05, 4.69) is 24.5 Å². The molecule has 0 atom stereocenters. The Morgan fingerprint density at radius 3 is 1.53 bits per heavy atom. The van der Waals surface area contributed by atoms with E-state index in [0.717, 1.165) is 25.9 Å². The van der Waals surface area contributed by atoms with Crippen molar-refractivity contribution in [1.82, 2.24) is 9.80 Å². The van der Waals surface area contributed by atoms with Crippen LogP contribution in [0.2, 0.25) is 0 Å². The summed E-state index contributed by atoms with van der Waals surface area (Å²) in [6.07, 6.45) is 11.0. The molecule has 0 unspecified atom stereocenters. The zero-order chi connectivity index (χ0) is 25.0. The highest BCUT2D eigenvalue weighted by Crippen LogP contribution is 2.16. The van der Waals surface area contributed by atoms with Gasteiger partial charge in [-0.3, -0.25) is 20.4 Å². The van der Waals surface area contributed by atoms with Crippen molar-refractivity contribution in [3.63, 3.8) is 0 Å². The SMILES string of the molecule is CCCCCCCN(C)COC(=O)Nc1cccc(NC(=O)OCN(C)CCCCCCC)c1. The molecule has 8 nitrogen and oxygen atoms in total. The van der Waals surface area contributed by atoms with Gasteiger partial charge in [0.05, 0.1) is 0 Å². The van der Waals surface area contributed by atoms with Crippen LogP contribution < -0.4 is 10.6 Å². The van der Waals surface area contributed by atoms with Crippen LogP contribution in [0.15, 0.2) is 24.3 Å². The van der Waals surface area contributed by atoms with Crippen molar-refractivity contribution < 1.29 is 19.1 Å². The molecule has 1 aromatic rings. The van der Waals surface area contributed by atoms with E-state index in [1.807, 2.05) is 23.9 Å². The number of anilines is 2. The largest absolute Gasteiger partial charge is 0.433 e. The van der Waals surface area contributed by atoms with Gasteiger partial charge < -0.3 is 9.47 Å². The number of amides is 2. The molecule has 1 aromatic carbocycles. The molecule has 1 rings (SSSR count). The van der Waals surface area contributed by atoms with E-state index in [1.165, 1.54) is 51.4 Å². The Labute approximate surface area is 206 Å². The lowest BCUT2D eigenvalue weighted by molar-refractivity contribution is 0.0919. The summed E-state index contributed by atoms with van der Waals surface area (Å²) >= 11 is 0. The monoisotopic (exact) mass is 478 g/mol. The first-order valence-electron chi connectivity index (χ1n) is 12.8. The summed E-state index contributed by atoms with van der Waals surface area (Å²) in [7, 11) is 3.88. The molecule has 194 valence electrons. The number of nitrogens with one attached hydrogen (secondary N) is 2.